The molecule has 6 atom stereocenters. The highest BCUT2D eigenvalue weighted by Crippen LogP contribution is 2.62. The molecule has 0 aliphatic heterocycles. The van der Waals surface area contributed by atoms with E-state index in [9.17, 15) is 10.2 Å². The van der Waals surface area contributed by atoms with Crippen molar-refractivity contribution in [3.05, 3.63) is 29.3 Å². The van der Waals surface area contributed by atoms with Gasteiger partial charge in [-0.05, 0) is 78.5 Å². The third-order valence-electron chi connectivity index (χ3n) is 6.92. The Labute approximate surface area is 132 Å². The Balaban J connectivity index is 1.71. The SMILES string of the molecule is C#C[C@H]1[C@H](O)C[C@H]2[C@@H]3CCc4cc(O)ccc4[C@H]3CC[C@]12C. The maximum atomic E-state index is 10.4. The van der Waals surface area contributed by atoms with Gasteiger partial charge >= 0.3 is 0 Å². The van der Waals surface area contributed by atoms with Gasteiger partial charge in [0.15, 0.2) is 0 Å². The minimum absolute atomic E-state index is 0.0136. The van der Waals surface area contributed by atoms with Crippen LogP contribution in [0.15, 0.2) is 18.2 Å². The van der Waals surface area contributed by atoms with E-state index in [2.05, 4.69) is 18.9 Å². The number of rotatable bonds is 0. The third-order valence-corrected chi connectivity index (χ3v) is 6.92. The Morgan fingerprint density at radius 1 is 1.32 bits per heavy atom. The Kier molecular flexibility index (Phi) is 3.07. The van der Waals surface area contributed by atoms with Crippen molar-refractivity contribution in [3.63, 3.8) is 0 Å². The van der Waals surface area contributed by atoms with E-state index in [1.165, 1.54) is 11.1 Å². The molecule has 2 nitrogen and oxygen atoms in total. The predicted octanol–water partition coefficient (Wildman–Crippen LogP) is 3.47. The fourth-order valence-electron chi connectivity index (χ4n) is 5.88. The zero-order chi connectivity index (χ0) is 15.5. The number of aryl methyl sites for hydroxylation is 1. The fraction of sp³-hybridized carbons (Fsp3) is 0.600. The maximum absolute atomic E-state index is 10.4. The number of benzene rings is 1. The first-order valence-corrected chi connectivity index (χ1v) is 8.50. The van der Waals surface area contributed by atoms with Crippen LogP contribution in [0.5, 0.6) is 5.75 Å². The van der Waals surface area contributed by atoms with Crippen molar-refractivity contribution in [1.82, 2.24) is 0 Å². The minimum atomic E-state index is -0.333. The van der Waals surface area contributed by atoms with Gasteiger partial charge in [-0.3, -0.25) is 0 Å². The lowest BCUT2D eigenvalue weighted by Crippen LogP contribution is -2.42. The van der Waals surface area contributed by atoms with E-state index in [0.717, 1.165) is 32.1 Å². The van der Waals surface area contributed by atoms with Crippen LogP contribution in [0.3, 0.4) is 0 Å². The molecule has 3 aliphatic carbocycles. The first-order chi connectivity index (χ1) is 10.5. The molecule has 0 aromatic heterocycles. The summed E-state index contributed by atoms with van der Waals surface area (Å²) in [5.41, 5.74) is 2.84. The highest BCUT2D eigenvalue weighted by atomic mass is 16.3. The van der Waals surface area contributed by atoms with Crippen LogP contribution >= 0.6 is 0 Å². The molecule has 2 saturated carbocycles. The summed E-state index contributed by atoms with van der Waals surface area (Å²) >= 11 is 0. The van der Waals surface area contributed by atoms with Crippen molar-refractivity contribution in [2.24, 2.45) is 23.2 Å². The van der Waals surface area contributed by atoms with Crippen molar-refractivity contribution in [1.29, 1.82) is 0 Å². The van der Waals surface area contributed by atoms with Crippen LogP contribution in [-0.2, 0) is 6.42 Å². The van der Waals surface area contributed by atoms with Gasteiger partial charge in [-0.25, -0.2) is 0 Å². The van der Waals surface area contributed by atoms with Crippen molar-refractivity contribution >= 4 is 0 Å². The molecule has 0 heterocycles. The average molecular weight is 296 g/mol. The Hall–Kier alpha value is -1.46. The molecule has 2 N–H and O–H groups in total. The molecule has 0 radical (unpaired) electrons. The van der Waals surface area contributed by atoms with Gasteiger partial charge in [0.1, 0.15) is 5.75 Å². The van der Waals surface area contributed by atoms with Gasteiger partial charge in [0.25, 0.3) is 0 Å². The maximum Gasteiger partial charge on any atom is 0.115 e. The second-order valence-corrected chi connectivity index (χ2v) is 7.79. The number of hydrogen-bond acceptors (Lipinski definition) is 2. The third kappa shape index (κ3) is 1.78. The number of aromatic hydroxyl groups is 1. The molecule has 0 saturated heterocycles. The topological polar surface area (TPSA) is 40.5 Å². The first-order valence-electron chi connectivity index (χ1n) is 8.50. The molecular formula is C20H24O2. The molecule has 1 aromatic rings. The molecule has 1 aromatic carbocycles. The second kappa shape index (κ2) is 4.77. The number of aliphatic hydroxyl groups excluding tert-OH is 1. The molecule has 0 spiro atoms. The van der Waals surface area contributed by atoms with Gasteiger partial charge in [0.05, 0.1) is 12.0 Å². The van der Waals surface area contributed by atoms with Crippen LogP contribution in [0.1, 0.15) is 49.7 Å². The van der Waals surface area contributed by atoms with Crippen LogP contribution in [0, 0.1) is 35.5 Å². The molecule has 4 rings (SSSR count). The quantitative estimate of drug-likeness (QED) is 0.720. The summed E-state index contributed by atoms with van der Waals surface area (Å²) in [5.74, 6) is 5.02. The lowest BCUT2D eigenvalue weighted by molar-refractivity contribution is 0.0384. The van der Waals surface area contributed by atoms with Crippen LogP contribution in [-0.4, -0.2) is 16.3 Å². The van der Waals surface area contributed by atoms with Crippen LogP contribution < -0.4 is 0 Å². The highest BCUT2D eigenvalue weighted by molar-refractivity contribution is 5.40. The van der Waals surface area contributed by atoms with Gasteiger partial charge in [-0.15, -0.1) is 12.3 Å². The van der Waals surface area contributed by atoms with Gasteiger partial charge in [0.2, 0.25) is 0 Å². The summed E-state index contributed by atoms with van der Waals surface area (Å²) < 4.78 is 0. The van der Waals surface area contributed by atoms with Gasteiger partial charge < -0.3 is 10.2 Å². The summed E-state index contributed by atoms with van der Waals surface area (Å²) in [6.45, 7) is 2.31. The molecule has 2 fully saturated rings. The summed E-state index contributed by atoms with van der Waals surface area (Å²) in [7, 11) is 0. The van der Waals surface area contributed by atoms with E-state index in [0.29, 0.717) is 23.5 Å². The zero-order valence-electron chi connectivity index (χ0n) is 13.1. The molecule has 0 unspecified atom stereocenters. The molecule has 22 heavy (non-hydrogen) atoms. The van der Waals surface area contributed by atoms with E-state index in [1.807, 2.05) is 12.1 Å². The summed E-state index contributed by atoms with van der Waals surface area (Å²) in [6.07, 6.45) is 10.7. The number of aliphatic hydroxyl groups is 1. The minimum Gasteiger partial charge on any atom is -0.508 e. The number of phenolic OH excluding ortho intramolecular Hbond substituents is 1. The Morgan fingerprint density at radius 2 is 2.14 bits per heavy atom. The average Bonchev–Trinajstić information content (AvgIpc) is 2.76. The predicted molar refractivity (Wildman–Crippen MR) is 86.4 cm³/mol. The smallest absolute Gasteiger partial charge is 0.115 e. The standard InChI is InChI=1S/C20H24O2/c1-3-17-19(22)11-18-16-6-4-12-10-13(21)5-7-14(12)15(16)8-9-20(17,18)2/h1,5,7,10,15-19,21-22H,4,6,8-9,11H2,2H3/t15-,16-,17+,18+,19-,20-/m1/s1. The molecule has 2 heteroatoms. The van der Waals surface area contributed by atoms with Gasteiger partial charge in [-0.1, -0.05) is 13.0 Å². The highest BCUT2D eigenvalue weighted by Gasteiger charge is 2.57. The van der Waals surface area contributed by atoms with Gasteiger partial charge in [-0.2, -0.15) is 0 Å². The number of hydrogen-bond donors (Lipinski definition) is 2. The summed E-state index contributed by atoms with van der Waals surface area (Å²) in [5, 5.41) is 20.2. The molecular weight excluding hydrogens is 272 g/mol. The lowest BCUT2D eigenvalue weighted by atomic mass is 9.54. The summed E-state index contributed by atoms with van der Waals surface area (Å²) in [6, 6.07) is 5.88. The molecule has 116 valence electrons. The zero-order valence-corrected chi connectivity index (χ0v) is 13.1. The summed E-state index contributed by atoms with van der Waals surface area (Å²) in [4.78, 5) is 0. The largest absolute Gasteiger partial charge is 0.508 e. The lowest BCUT2D eigenvalue weighted by Gasteiger charge is -2.50. The van der Waals surface area contributed by atoms with E-state index in [4.69, 9.17) is 6.42 Å². The van der Waals surface area contributed by atoms with Crippen molar-refractivity contribution in [2.75, 3.05) is 0 Å². The molecule has 0 amide bonds. The Morgan fingerprint density at radius 3 is 2.91 bits per heavy atom. The van der Waals surface area contributed by atoms with Crippen LogP contribution in [0.2, 0.25) is 0 Å². The van der Waals surface area contributed by atoms with Crippen molar-refractivity contribution < 1.29 is 10.2 Å². The van der Waals surface area contributed by atoms with E-state index in [1.54, 1.807) is 0 Å². The fourth-order valence-corrected chi connectivity index (χ4v) is 5.88. The van der Waals surface area contributed by atoms with E-state index < -0.39 is 0 Å². The van der Waals surface area contributed by atoms with Crippen molar-refractivity contribution in [2.45, 2.75) is 51.0 Å². The molecule has 0 bridgehead atoms. The van der Waals surface area contributed by atoms with Crippen LogP contribution in [0.25, 0.3) is 0 Å². The monoisotopic (exact) mass is 296 g/mol. The molecule has 3 aliphatic rings. The van der Waals surface area contributed by atoms with E-state index >= 15 is 0 Å². The Bertz CT molecular complexity index is 644. The number of fused-ring (bicyclic) bond motifs is 5. The van der Waals surface area contributed by atoms with Crippen LogP contribution in [0.4, 0.5) is 0 Å². The van der Waals surface area contributed by atoms with E-state index in [-0.39, 0.29) is 17.4 Å². The first kappa shape index (κ1) is 14.2. The van der Waals surface area contributed by atoms with Gasteiger partial charge in [0, 0.05) is 0 Å². The second-order valence-electron chi connectivity index (χ2n) is 7.79. The van der Waals surface area contributed by atoms with Crippen molar-refractivity contribution in [3.8, 4) is 18.1 Å². The normalized spacial score (nSPS) is 42.9. The number of phenols is 1. The number of terminal acetylenes is 1.